The molecule has 20 heteroatoms. The predicted octanol–water partition coefficient (Wildman–Crippen LogP) is 15.4. The molecule has 0 aliphatic carbocycles. The molecule has 0 fully saturated rings. The Morgan fingerprint density at radius 3 is 0.958 bits per heavy atom. The van der Waals surface area contributed by atoms with E-state index in [1.807, 2.05) is 0 Å². The molecule has 0 unspecified atom stereocenters. The van der Waals surface area contributed by atoms with Crippen molar-refractivity contribution in [1.29, 1.82) is 0 Å². The van der Waals surface area contributed by atoms with Gasteiger partial charge in [0.05, 0.1) is 5.56 Å². The van der Waals surface area contributed by atoms with Gasteiger partial charge in [0.25, 0.3) is 0 Å². The van der Waals surface area contributed by atoms with Gasteiger partial charge in [-0.05, 0) is 65.7 Å². The molecule has 0 radical (unpaired) electrons. The van der Waals surface area contributed by atoms with Crippen LogP contribution in [0.15, 0.2) is 42.5 Å². The normalized spacial score (nSPS) is 10.7. The third kappa shape index (κ3) is 11.4. The highest BCUT2D eigenvalue weighted by molar-refractivity contribution is 6.42. The Hall–Kier alpha value is -0.160. The molecule has 5 nitrogen and oxygen atoms in total. The fourth-order valence-electron chi connectivity index (χ4n) is 3.73. The summed E-state index contributed by atoms with van der Waals surface area (Å²) in [5, 5.41) is 3.04. The molecule has 0 aliphatic heterocycles. The molecular formula is C28H9Cl15N4O. The van der Waals surface area contributed by atoms with Crippen molar-refractivity contribution < 1.29 is 4.79 Å². The second-order valence-electron chi connectivity index (χ2n) is 8.68. The van der Waals surface area contributed by atoms with Gasteiger partial charge in [-0.3, -0.25) is 4.79 Å². The number of halogens is 15. The van der Waals surface area contributed by atoms with Crippen LogP contribution in [0.3, 0.4) is 0 Å². The van der Waals surface area contributed by atoms with Crippen LogP contribution in [0.25, 0.3) is 0 Å². The highest BCUT2D eigenvalue weighted by atomic mass is 35.5. The summed E-state index contributed by atoms with van der Waals surface area (Å²) in [7, 11) is 0. The molecule has 0 atom stereocenters. The molecule has 2 heterocycles. The lowest BCUT2D eigenvalue weighted by atomic mass is 9.86. The molecule has 0 spiro atoms. The average molecular weight is 949 g/mol. The van der Waals surface area contributed by atoms with Gasteiger partial charge in [0.2, 0.25) is 10.6 Å². The number of carbonyl (C=O) groups excluding carboxylic acids is 1. The molecule has 0 aliphatic rings. The first kappa shape index (κ1) is 42.3. The van der Waals surface area contributed by atoms with Crippen molar-refractivity contribution in [2.75, 3.05) is 0 Å². The lowest BCUT2D eigenvalue weighted by Gasteiger charge is -2.24. The highest BCUT2D eigenvalue weighted by Crippen LogP contribution is 2.49. The van der Waals surface area contributed by atoms with Crippen LogP contribution in [-0.2, 0) is 0 Å². The molecule has 252 valence electrons. The van der Waals surface area contributed by atoms with Gasteiger partial charge in [0, 0.05) is 67.8 Å². The van der Waals surface area contributed by atoms with Gasteiger partial charge in [-0.25, -0.2) is 19.9 Å². The number of hydrogen-bond donors (Lipinski definition) is 0. The van der Waals surface area contributed by atoms with E-state index in [0.717, 1.165) is 0 Å². The second-order valence-corrected chi connectivity index (χ2v) is 14.6. The van der Waals surface area contributed by atoms with Crippen LogP contribution in [0.2, 0.25) is 76.4 Å². The molecule has 5 aromatic rings. The number of nitrogens with zero attached hydrogens (tertiary/aromatic N) is 4. The molecule has 2 aromatic heterocycles. The fraction of sp³-hybridized carbons (Fsp3) is 0.0357. The number of rotatable bonds is 4. The van der Waals surface area contributed by atoms with Crippen molar-refractivity contribution in [2.24, 2.45) is 0 Å². The Morgan fingerprint density at radius 1 is 0.396 bits per heavy atom. The first-order valence-corrected chi connectivity index (χ1v) is 17.7. The molecule has 48 heavy (non-hydrogen) atoms. The van der Waals surface area contributed by atoms with Gasteiger partial charge < -0.3 is 0 Å². The first-order chi connectivity index (χ1) is 22.4. The number of aromatic nitrogens is 4. The van der Waals surface area contributed by atoms with E-state index in [4.69, 9.17) is 174 Å². The Morgan fingerprint density at radius 2 is 0.667 bits per heavy atom. The van der Waals surface area contributed by atoms with Gasteiger partial charge in [0.1, 0.15) is 20.6 Å². The standard InChI is InChI=1S/C17H5Cl9N2.C6H3Cl3.C5HCl3N2O/c18-5-1-7(20)11(8(21)2-5)13(12-9(22)3-6(19)4-10(12)23)14-15(24)27-17(26)28-16(14)25;7-4-1-5(8)3-6(9)2-4;6-3-2(1-11)4(7)10-5(8)9-3/h1-4,13H;1-3H;1H. The van der Waals surface area contributed by atoms with Crippen LogP contribution in [0, 0.1) is 0 Å². The van der Waals surface area contributed by atoms with Crippen molar-refractivity contribution in [3.05, 3.63) is 141 Å². The number of aldehydes is 1. The zero-order valence-electron chi connectivity index (χ0n) is 22.6. The lowest BCUT2D eigenvalue weighted by molar-refractivity contribution is 0.112. The molecular weight excluding hydrogens is 940 g/mol. The number of carbonyl (C=O) groups is 1. The maximum atomic E-state index is 10.3. The van der Waals surface area contributed by atoms with Crippen molar-refractivity contribution in [2.45, 2.75) is 5.92 Å². The number of hydrogen-bond acceptors (Lipinski definition) is 5. The quantitative estimate of drug-likeness (QED) is 0.102. The molecule has 0 N–H and O–H groups in total. The van der Waals surface area contributed by atoms with Crippen LogP contribution in [-0.4, -0.2) is 26.2 Å². The second kappa shape index (κ2) is 19.1. The van der Waals surface area contributed by atoms with Crippen LogP contribution in [0.4, 0.5) is 0 Å². The van der Waals surface area contributed by atoms with Crippen molar-refractivity contribution in [1.82, 2.24) is 19.9 Å². The smallest absolute Gasteiger partial charge is 0.225 e. The summed E-state index contributed by atoms with van der Waals surface area (Å²) >= 11 is 89.6. The van der Waals surface area contributed by atoms with Crippen molar-refractivity contribution in [3.8, 4) is 0 Å². The van der Waals surface area contributed by atoms with Gasteiger partial charge in [-0.2, -0.15) is 0 Å². The van der Waals surface area contributed by atoms with Gasteiger partial charge in [-0.15, -0.1) is 0 Å². The zero-order valence-corrected chi connectivity index (χ0v) is 33.9. The fourth-order valence-corrected chi connectivity index (χ4v) is 8.27. The molecule has 0 amide bonds. The van der Waals surface area contributed by atoms with E-state index in [2.05, 4.69) is 19.9 Å². The van der Waals surface area contributed by atoms with Crippen molar-refractivity contribution in [3.63, 3.8) is 0 Å². The van der Waals surface area contributed by atoms with Crippen molar-refractivity contribution >= 4 is 180 Å². The molecule has 3 aromatic carbocycles. The van der Waals surface area contributed by atoms with E-state index in [1.165, 1.54) is 24.3 Å². The van der Waals surface area contributed by atoms with Crippen LogP contribution >= 0.6 is 174 Å². The average Bonchev–Trinajstić information content (AvgIpc) is 2.91. The minimum atomic E-state index is -0.827. The summed E-state index contributed by atoms with van der Waals surface area (Å²) in [5.41, 5.74) is 1.14. The van der Waals surface area contributed by atoms with E-state index in [9.17, 15) is 4.79 Å². The summed E-state index contributed by atoms with van der Waals surface area (Å²) in [5.74, 6) is -0.827. The first-order valence-electron chi connectivity index (χ1n) is 12.1. The highest BCUT2D eigenvalue weighted by Gasteiger charge is 2.32. The Bertz CT molecular complexity index is 1710. The van der Waals surface area contributed by atoms with Gasteiger partial charge in [-0.1, -0.05) is 151 Å². The van der Waals surface area contributed by atoms with E-state index in [1.54, 1.807) is 18.2 Å². The number of benzene rings is 3. The minimum absolute atomic E-state index is 0.0147. The Labute approximate surface area is 348 Å². The Balaban J connectivity index is 0.000000254. The third-order valence-electron chi connectivity index (χ3n) is 5.55. The third-order valence-corrected chi connectivity index (χ3v) is 9.38. The zero-order chi connectivity index (χ0) is 36.0. The maximum Gasteiger partial charge on any atom is 0.225 e. The molecule has 5 rings (SSSR count). The van der Waals surface area contributed by atoms with Crippen LogP contribution < -0.4 is 0 Å². The Kier molecular flexibility index (Phi) is 16.8. The van der Waals surface area contributed by atoms with Gasteiger partial charge in [0.15, 0.2) is 6.29 Å². The molecule has 0 bridgehead atoms. The summed E-state index contributed by atoms with van der Waals surface area (Å²) < 4.78 is 0. The van der Waals surface area contributed by atoms with E-state index < -0.39 is 5.92 Å². The SMILES string of the molecule is Clc1cc(Cl)c(C(c2c(Cl)cc(Cl)cc2Cl)c2c(Cl)nc(Cl)nc2Cl)c(Cl)c1.Clc1cc(Cl)cc(Cl)c1.O=Cc1c(Cl)nc(Cl)nc1Cl. The van der Waals surface area contributed by atoms with Crippen LogP contribution in [0.5, 0.6) is 0 Å². The van der Waals surface area contributed by atoms with Crippen LogP contribution in [0.1, 0.15) is 33.0 Å². The minimum Gasteiger partial charge on any atom is -0.298 e. The molecule has 0 saturated carbocycles. The summed E-state index contributed by atoms with van der Waals surface area (Å²) in [4.78, 5) is 25.2. The summed E-state index contributed by atoms with van der Waals surface area (Å²) in [6.45, 7) is 0. The summed E-state index contributed by atoms with van der Waals surface area (Å²) in [6.07, 6.45) is 0.473. The van der Waals surface area contributed by atoms with Gasteiger partial charge >= 0.3 is 0 Å². The molecule has 0 saturated heterocycles. The van der Waals surface area contributed by atoms with E-state index >= 15 is 0 Å². The predicted molar refractivity (Wildman–Crippen MR) is 205 cm³/mol. The maximum absolute atomic E-state index is 10.3. The summed E-state index contributed by atoms with van der Waals surface area (Å²) in [6, 6.07) is 11.0. The monoisotopic (exact) mass is 942 g/mol. The van der Waals surface area contributed by atoms with E-state index in [0.29, 0.717) is 42.5 Å². The largest absolute Gasteiger partial charge is 0.298 e. The lowest BCUT2D eigenvalue weighted by Crippen LogP contribution is -2.10. The van der Waals surface area contributed by atoms with E-state index in [-0.39, 0.29) is 62.4 Å². The topological polar surface area (TPSA) is 68.6 Å².